The second kappa shape index (κ2) is 7.53. The Morgan fingerprint density at radius 2 is 1.80 bits per heavy atom. The number of halogens is 1. The molecule has 0 N–H and O–H groups in total. The largest absolute Gasteiger partial charge is 0.368 e. The highest BCUT2D eigenvalue weighted by Crippen LogP contribution is 2.20. The van der Waals surface area contributed by atoms with Gasteiger partial charge in [-0.2, -0.15) is 5.10 Å². The molecule has 0 saturated carbocycles. The van der Waals surface area contributed by atoms with Crippen LogP contribution >= 0.6 is 11.6 Å². The SMILES string of the molecule is C/C(=N/N1CCN(c2ccc(Cl)cc2)CC1)c1cccc([N+](=O)[O-])c1. The summed E-state index contributed by atoms with van der Waals surface area (Å²) < 4.78 is 0. The summed E-state index contributed by atoms with van der Waals surface area (Å²) in [6.45, 7) is 5.22. The lowest BCUT2D eigenvalue weighted by atomic mass is 10.1. The lowest BCUT2D eigenvalue weighted by Gasteiger charge is -2.35. The van der Waals surface area contributed by atoms with Crippen LogP contribution in [0.25, 0.3) is 0 Å². The third kappa shape index (κ3) is 4.28. The molecule has 2 aromatic rings. The topological polar surface area (TPSA) is 62.0 Å². The van der Waals surface area contributed by atoms with Gasteiger partial charge in [-0.05, 0) is 31.2 Å². The van der Waals surface area contributed by atoms with Crippen LogP contribution in [0.5, 0.6) is 0 Å². The Morgan fingerprint density at radius 1 is 1.12 bits per heavy atom. The fraction of sp³-hybridized carbons (Fsp3) is 0.278. The zero-order chi connectivity index (χ0) is 17.8. The van der Waals surface area contributed by atoms with Gasteiger partial charge in [-0.3, -0.25) is 15.1 Å². The molecule has 6 nitrogen and oxygen atoms in total. The maximum atomic E-state index is 10.9. The Kier molecular flexibility index (Phi) is 5.19. The van der Waals surface area contributed by atoms with Crippen LogP contribution in [-0.4, -0.2) is 41.8 Å². The fourth-order valence-corrected chi connectivity index (χ4v) is 2.95. The van der Waals surface area contributed by atoms with E-state index in [-0.39, 0.29) is 10.6 Å². The van der Waals surface area contributed by atoms with Crippen LogP contribution in [-0.2, 0) is 0 Å². The van der Waals surface area contributed by atoms with Crippen LogP contribution in [0.3, 0.4) is 0 Å². The number of hydrogen-bond acceptors (Lipinski definition) is 5. The number of anilines is 1. The van der Waals surface area contributed by atoms with Crippen molar-refractivity contribution in [1.29, 1.82) is 0 Å². The molecule has 0 atom stereocenters. The molecule has 1 saturated heterocycles. The highest BCUT2D eigenvalue weighted by atomic mass is 35.5. The van der Waals surface area contributed by atoms with E-state index in [2.05, 4.69) is 10.0 Å². The van der Waals surface area contributed by atoms with Gasteiger partial charge >= 0.3 is 0 Å². The van der Waals surface area contributed by atoms with Crippen LogP contribution in [0.4, 0.5) is 11.4 Å². The number of hydrazone groups is 1. The molecule has 7 heteroatoms. The number of non-ortho nitro benzene ring substituents is 1. The van der Waals surface area contributed by atoms with Gasteiger partial charge in [0, 0.05) is 41.5 Å². The highest BCUT2D eigenvalue weighted by Gasteiger charge is 2.16. The smallest absolute Gasteiger partial charge is 0.270 e. The Bertz CT molecular complexity index is 784. The van der Waals surface area contributed by atoms with Gasteiger partial charge in [0.25, 0.3) is 5.69 Å². The Hall–Kier alpha value is -2.60. The molecule has 0 amide bonds. The molecule has 25 heavy (non-hydrogen) atoms. The molecule has 0 aliphatic carbocycles. The zero-order valence-corrected chi connectivity index (χ0v) is 14.7. The first-order valence-corrected chi connectivity index (χ1v) is 8.46. The normalized spacial score (nSPS) is 15.4. The van der Waals surface area contributed by atoms with Crippen molar-refractivity contribution < 1.29 is 4.92 Å². The quantitative estimate of drug-likeness (QED) is 0.474. The monoisotopic (exact) mass is 358 g/mol. The first-order chi connectivity index (χ1) is 12.0. The predicted molar refractivity (Wildman–Crippen MR) is 101 cm³/mol. The summed E-state index contributed by atoms with van der Waals surface area (Å²) in [5.41, 5.74) is 2.79. The van der Waals surface area contributed by atoms with Gasteiger partial charge in [-0.1, -0.05) is 23.7 Å². The number of benzene rings is 2. The fourth-order valence-electron chi connectivity index (χ4n) is 2.82. The van der Waals surface area contributed by atoms with Gasteiger partial charge in [0.05, 0.1) is 23.7 Å². The molecule has 1 aliphatic rings. The van der Waals surface area contributed by atoms with Crippen molar-refractivity contribution in [3.8, 4) is 0 Å². The van der Waals surface area contributed by atoms with Crippen molar-refractivity contribution in [2.45, 2.75) is 6.92 Å². The molecule has 1 fully saturated rings. The third-order valence-electron chi connectivity index (χ3n) is 4.21. The molecular weight excluding hydrogens is 340 g/mol. The van der Waals surface area contributed by atoms with E-state index < -0.39 is 0 Å². The number of nitro benzene ring substituents is 1. The van der Waals surface area contributed by atoms with Crippen LogP contribution in [0.15, 0.2) is 53.6 Å². The Labute approximate surface area is 151 Å². The van der Waals surface area contributed by atoms with E-state index in [1.807, 2.05) is 42.3 Å². The number of piperazine rings is 1. The molecule has 3 rings (SSSR count). The minimum atomic E-state index is -0.387. The van der Waals surface area contributed by atoms with E-state index in [4.69, 9.17) is 11.6 Å². The van der Waals surface area contributed by atoms with E-state index in [1.54, 1.807) is 12.1 Å². The molecule has 0 bridgehead atoms. The van der Waals surface area contributed by atoms with Crippen molar-refractivity contribution in [3.63, 3.8) is 0 Å². The molecule has 0 radical (unpaired) electrons. The minimum absolute atomic E-state index is 0.0830. The second-order valence-electron chi connectivity index (χ2n) is 5.91. The van der Waals surface area contributed by atoms with Crippen molar-refractivity contribution in [2.24, 2.45) is 5.10 Å². The van der Waals surface area contributed by atoms with Gasteiger partial charge in [0.1, 0.15) is 0 Å². The summed E-state index contributed by atoms with van der Waals surface area (Å²) in [6.07, 6.45) is 0. The number of rotatable bonds is 4. The maximum Gasteiger partial charge on any atom is 0.270 e. The average molecular weight is 359 g/mol. The number of nitrogens with zero attached hydrogens (tertiary/aromatic N) is 4. The van der Waals surface area contributed by atoms with Crippen molar-refractivity contribution in [2.75, 3.05) is 31.1 Å². The van der Waals surface area contributed by atoms with Crippen molar-refractivity contribution >= 4 is 28.7 Å². The first kappa shape index (κ1) is 17.2. The summed E-state index contributed by atoms with van der Waals surface area (Å²) in [7, 11) is 0. The van der Waals surface area contributed by atoms with Crippen molar-refractivity contribution in [3.05, 3.63) is 69.2 Å². The van der Waals surface area contributed by atoms with Gasteiger partial charge in [-0.15, -0.1) is 0 Å². The molecule has 0 spiro atoms. The van der Waals surface area contributed by atoms with E-state index in [1.165, 1.54) is 6.07 Å². The van der Waals surface area contributed by atoms with Gasteiger partial charge < -0.3 is 4.90 Å². The van der Waals surface area contributed by atoms with Gasteiger partial charge in [0.2, 0.25) is 0 Å². The Balaban J connectivity index is 1.64. The Morgan fingerprint density at radius 3 is 2.44 bits per heavy atom. The number of nitro groups is 1. The van der Waals surface area contributed by atoms with Gasteiger partial charge in [-0.25, -0.2) is 0 Å². The first-order valence-electron chi connectivity index (χ1n) is 8.08. The third-order valence-corrected chi connectivity index (χ3v) is 4.47. The van der Waals surface area contributed by atoms with Crippen molar-refractivity contribution in [1.82, 2.24) is 5.01 Å². The predicted octanol–water partition coefficient (Wildman–Crippen LogP) is 3.79. The highest BCUT2D eigenvalue weighted by molar-refractivity contribution is 6.30. The minimum Gasteiger partial charge on any atom is -0.368 e. The second-order valence-corrected chi connectivity index (χ2v) is 6.35. The van der Waals surface area contributed by atoms with E-state index in [9.17, 15) is 10.1 Å². The van der Waals surface area contributed by atoms with Crippen LogP contribution in [0.2, 0.25) is 5.02 Å². The van der Waals surface area contributed by atoms with Crippen LogP contribution < -0.4 is 4.90 Å². The summed E-state index contributed by atoms with van der Waals surface area (Å²) in [5, 5.41) is 18.3. The van der Waals surface area contributed by atoms with Crippen LogP contribution in [0.1, 0.15) is 12.5 Å². The average Bonchev–Trinajstić information content (AvgIpc) is 2.63. The molecular formula is C18H19ClN4O2. The maximum absolute atomic E-state index is 10.9. The van der Waals surface area contributed by atoms with Gasteiger partial charge in [0.15, 0.2) is 0 Å². The van der Waals surface area contributed by atoms with E-state index >= 15 is 0 Å². The molecule has 1 heterocycles. The van der Waals surface area contributed by atoms with E-state index in [0.29, 0.717) is 0 Å². The zero-order valence-electron chi connectivity index (χ0n) is 13.9. The standard InChI is InChI=1S/C18H19ClN4O2/c1-14(15-3-2-4-18(13-15)23(24)25)20-22-11-9-21(10-12-22)17-7-5-16(19)6-8-17/h2-8,13H,9-12H2,1H3/b20-14-. The molecule has 2 aromatic carbocycles. The molecule has 1 aliphatic heterocycles. The summed E-state index contributed by atoms with van der Waals surface area (Å²) in [5.74, 6) is 0. The number of hydrogen-bond donors (Lipinski definition) is 0. The van der Waals surface area contributed by atoms with E-state index in [0.717, 1.165) is 48.2 Å². The van der Waals surface area contributed by atoms with Crippen LogP contribution in [0, 0.1) is 10.1 Å². The lowest BCUT2D eigenvalue weighted by Crippen LogP contribution is -2.44. The summed E-state index contributed by atoms with van der Waals surface area (Å²) >= 11 is 5.93. The lowest BCUT2D eigenvalue weighted by molar-refractivity contribution is -0.384. The molecule has 130 valence electrons. The summed E-state index contributed by atoms with van der Waals surface area (Å²) in [6, 6.07) is 14.4. The molecule has 0 unspecified atom stereocenters. The summed E-state index contributed by atoms with van der Waals surface area (Å²) in [4.78, 5) is 12.8. The molecule has 0 aromatic heterocycles.